The Morgan fingerprint density at radius 2 is 2.00 bits per heavy atom. The number of piperazine rings is 1. The van der Waals surface area contributed by atoms with Gasteiger partial charge in [0.05, 0.1) is 0 Å². The molecular formula is C17H33N3. The van der Waals surface area contributed by atoms with Gasteiger partial charge in [-0.2, -0.15) is 0 Å². The van der Waals surface area contributed by atoms with E-state index in [9.17, 15) is 0 Å². The van der Waals surface area contributed by atoms with Crippen LogP contribution >= 0.6 is 0 Å². The van der Waals surface area contributed by atoms with Crippen LogP contribution in [-0.2, 0) is 0 Å². The van der Waals surface area contributed by atoms with Crippen LogP contribution in [0.4, 0.5) is 0 Å². The van der Waals surface area contributed by atoms with Crippen LogP contribution in [0.5, 0.6) is 0 Å². The third-order valence-electron chi connectivity index (χ3n) is 6.10. The van der Waals surface area contributed by atoms with Crippen LogP contribution < -0.4 is 5.73 Å². The molecule has 3 fully saturated rings. The maximum Gasteiger partial charge on any atom is 0.0223 e. The molecule has 0 aromatic carbocycles. The van der Waals surface area contributed by atoms with Gasteiger partial charge in [-0.3, -0.25) is 9.80 Å². The van der Waals surface area contributed by atoms with Crippen molar-refractivity contribution in [1.82, 2.24) is 9.80 Å². The number of rotatable bonds is 3. The number of piperidine rings is 1. The first-order valence-electron chi connectivity index (χ1n) is 8.87. The van der Waals surface area contributed by atoms with Crippen LogP contribution in [0.3, 0.4) is 0 Å². The number of hydrogen-bond donors (Lipinski definition) is 1. The molecule has 3 rings (SSSR count). The summed E-state index contributed by atoms with van der Waals surface area (Å²) in [6, 6.07) is 0.841. The maximum absolute atomic E-state index is 6.21. The predicted octanol–water partition coefficient (Wildman–Crippen LogP) is 2.31. The molecule has 1 aliphatic carbocycles. The maximum atomic E-state index is 6.21. The molecule has 3 heteroatoms. The molecule has 20 heavy (non-hydrogen) atoms. The topological polar surface area (TPSA) is 32.5 Å². The van der Waals surface area contributed by atoms with Crippen LogP contribution in [0.1, 0.15) is 51.9 Å². The van der Waals surface area contributed by atoms with E-state index >= 15 is 0 Å². The predicted molar refractivity (Wildman–Crippen MR) is 84.8 cm³/mol. The molecule has 1 saturated carbocycles. The second-order valence-electron chi connectivity index (χ2n) is 7.83. The lowest BCUT2D eigenvalue weighted by molar-refractivity contribution is 0.0126. The van der Waals surface area contributed by atoms with Crippen molar-refractivity contribution in [2.24, 2.45) is 17.1 Å². The smallest absolute Gasteiger partial charge is 0.0223 e. The fourth-order valence-electron chi connectivity index (χ4n) is 5.00. The van der Waals surface area contributed by atoms with Crippen LogP contribution in [0.2, 0.25) is 0 Å². The van der Waals surface area contributed by atoms with E-state index in [1.165, 1.54) is 77.7 Å². The number of nitrogens with zero attached hydrogens (tertiary/aromatic N) is 2. The van der Waals surface area contributed by atoms with Crippen LogP contribution in [0, 0.1) is 11.3 Å². The molecule has 3 aliphatic rings. The Labute approximate surface area is 124 Å². The Morgan fingerprint density at radius 3 is 2.80 bits per heavy atom. The van der Waals surface area contributed by atoms with Gasteiger partial charge in [0.2, 0.25) is 0 Å². The van der Waals surface area contributed by atoms with Gasteiger partial charge in [-0.1, -0.05) is 26.2 Å². The summed E-state index contributed by atoms with van der Waals surface area (Å²) in [6.07, 6.45) is 9.80. The third-order valence-corrected chi connectivity index (χ3v) is 6.10. The minimum atomic E-state index is 0.425. The van der Waals surface area contributed by atoms with Crippen LogP contribution in [0.15, 0.2) is 0 Å². The van der Waals surface area contributed by atoms with E-state index in [1.807, 2.05) is 0 Å². The summed E-state index contributed by atoms with van der Waals surface area (Å²) < 4.78 is 0. The summed E-state index contributed by atoms with van der Waals surface area (Å²) in [7, 11) is 0. The highest BCUT2D eigenvalue weighted by molar-refractivity contribution is 4.92. The summed E-state index contributed by atoms with van der Waals surface area (Å²) in [4.78, 5) is 5.48. The molecule has 3 atom stereocenters. The van der Waals surface area contributed by atoms with Gasteiger partial charge >= 0.3 is 0 Å². The van der Waals surface area contributed by atoms with E-state index in [2.05, 4.69) is 16.7 Å². The van der Waals surface area contributed by atoms with Gasteiger partial charge in [0.25, 0.3) is 0 Å². The van der Waals surface area contributed by atoms with Gasteiger partial charge in [0, 0.05) is 32.2 Å². The molecular weight excluding hydrogens is 246 g/mol. The Kier molecular flexibility index (Phi) is 4.68. The first kappa shape index (κ1) is 14.8. The summed E-state index contributed by atoms with van der Waals surface area (Å²) in [5.74, 6) is 0.878. The Bertz CT molecular complexity index is 319. The minimum absolute atomic E-state index is 0.425. The SMILES string of the molecule is CC1CCCC(CN)(CN2CCN3CCCCC3C2)C1. The Morgan fingerprint density at radius 1 is 1.10 bits per heavy atom. The first-order chi connectivity index (χ1) is 9.71. The summed E-state index contributed by atoms with van der Waals surface area (Å²) >= 11 is 0. The van der Waals surface area contributed by atoms with E-state index in [0.29, 0.717) is 5.41 Å². The standard InChI is InChI=1S/C17H33N3/c1-15-5-4-7-17(11-15,13-18)14-19-9-10-20-8-3-2-6-16(20)12-19/h15-16H,2-14,18H2,1H3. The van der Waals surface area contributed by atoms with Crippen molar-refractivity contribution in [3.63, 3.8) is 0 Å². The molecule has 2 N–H and O–H groups in total. The quantitative estimate of drug-likeness (QED) is 0.860. The van der Waals surface area contributed by atoms with Crippen molar-refractivity contribution in [2.45, 2.75) is 57.9 Å². The highest BCUT2D eigenvalue weighted by atomic mass is 15.3. The van der Waals surface area contributed by atoms with Crippen LogP contribution in [0.25, 0.3) is 0 Å². The van der Waals surface area contributed by atoms with E-state index in [0.717, 1.165) is 18.5 Å². The molecule has 0 radical (unpaired) electrons. The van der Waals surface area contributed by atoms with Crippen molar-refractivity contribution in [2.75, 3.05) is 39.3 Å². The Hall–Kier alpha value is -0.120. The molecule has 0 bridgehead atoms. The highest BCUT2D eigenvalue weighted by Crippen LogP contribution is 2.39. The molecule has 2 saturated heterocycles. The zero-order valence-electron chi connectivity index (χ0n) is 13.3. The Balaban J connectivity index is 1.59. The monoisotopic (exact) mass is 279 g/mol. The molecule has 2 aliphatic heterocycles. The molecule has 3 unspecified atom stereocenters. The molecule has 0 aromatic heterocycles. The largest absolute Gasteiger partial charge is 0.330 e. The van der Waals surface area contributed by atoms with Crippen molar-refractivity contribution < 1.29 is 0 Å². The zero-order chi connectivity index (χ0) is 14.0. The van der Waals surface area contributed by atoms with Gasteiger partial charge in [0.1, 0.15) is 0 Å². The van der Waals surface area contributed by atoms with Gasteiger partial charge < -0.3 is 5.73 Å². The number of nitrogens with two attached hydrogens (primary N) is 1. The molecule has 2 heterocycles. The normalized spacial score (nSPS) is 40.5. The van der Waals surface area contributed by atoms with Crippen molar-refractivity contribution in [1.29, 1.82) is 0 Å². The number of fused-ring (bicyclic) bond motifs is 1. The van der Waals surface area contributed by atoms with E-state index in [1.54, 1.807) is 0 Å². The molecule has 116 valence electrons. The second-order valence-corrected chi connectivity index (χ2v) is 7.83. The lowest BCUT2D eigenvalue weighted by Crippen LogP contribution is -2.57. The van der Waals surface area contributed by atoms with Crippen LogP contribution in [-0.4, -0.2) is 55.1 Å². The fourth-order valence-corrected chi connectivity index (χ4v) is 5.00. The average Bonchev–Trinajstić information content (AvgIpc) is 2.47. The average molecular weight is 279 g/mol. The molecule has 3 nitrogen and oxygen atoms in total. The molecule has 0 spiro atoms. The molecule has 0 amide bonds. The summed E-state index contributed by atoms with van der Waals surface area (Å²) in [5, 5.41) is 0. The fraction of sp³-hybridized carbons (Fsp3) is 1.00. The lowest BCUT2D eigenvalue weighted by atomic mass is 9.69. The van der Waals surface area contributed by atoms with E-state index in [4.69, 9.17) is 5.73 Å². The summed E-state index contributed by atoms with van der Waals surface area (Å²) in [6.45, 7) is 9.78. The summed E-state index contributed by atoms with van der Waals surface area (Å²) in [5.41, 5.74) is 6.64. The van der Waals surface area contributed by atoms with Crippen molar-refractivity contribution >= 4 is 0 Å². The second kappa shape index (κ2) is 6.33. The molecule has 0 aromatic rings. The van der Waals surface area contributed by atoms with Crippen molar-refractivity contribution in [3.05, 3.63) is 0 Å². The lowest BCUT2D eigenvalue weighted by Gasteiger charge is -2.48. The van der Waals surface area contributed by atoms with Gasteiger partial charge in [-0.05, 0) is 50.1 Å². The van der Waals surface area contributed by atoms with Gasteiger partial charge in [-0.15, -0.1) is 0 Å². The minimum Gasteiger partial charge on any atom is -0.330 e. The number of hydrogen-bond acceptors (Lipinski definition) is 3. The first-order valence-corrected chi connectivity index (χ1v) is 8.87. The zero-order valence-corrected chi connectivity index (χ0v) is 13.3. The van der Waals surface area contributed by atoms with E-state index in [-0.39, 0.29) is 0 Å². The van der Waals surface area contributed by atoms with Crippen molar-refractivity contribution in [3.8, 4) is 0 Å². The van der Waals surface area contributed by atoms with Gasteiger partial charge in [0.15, 0.2) is 0 Å². The van der Waals surface area contributed by atoms with E-state index < -0.39 is 0 Å². The third kappa shape index (κ3) is 3.20. The van der Waals surface area contributed by atoms with Gasteiger partial charge in [-0.25, -0.2) is 0 Å². The highest BCUT2D eigenvalue weighted by Gasteiger charge is 2.37.